The molecule has 0 radical (unpaired) electrons. The van der Waals surface area contributed by atoms with Gasteiger partial charge in [0.2, 0.25) is 5.91 Å². The van der Waals surface area contributed by atoms with Crippen molar-refractivity contribution in [3.63, 3.8) is 0 Å². The monoisotopic (exact) mass is 241 g/mol. The van der Waals surface area contributed by atoms with Gasteiger partial charge >= 0.3 is 0 Å². The van der Waals surface area contributed by atoms with Gasteiger partial charge < -0.3 is 10.1 Å². The average Bonchev–Trinajstić information content (AvgIpc) is 2.78. The zero-order valence-corrected chi connectivity index (χ0v) is 9.21. The quantitative estimate of drug-likeness (QED) is 0.875. The minimum Gasteiger partial charge on any atom is -0.368 e. The first-order chi connectivity index (χ1) is 8.15. The molecule has 1 aliphatic heterocycles. The fraction of sp³-hybridized carbons (Fsp3) is 0.417. The number of nitrogens with one attached hydrogen (secondary N) is 1. The molecule has 92 valence electrons. The van der Waals surface area contributed by atoms with Gasteiger partial charge in [0.05, 0.1) is 0 Å². The summed E-state index contributed by atoms with van der Waals surface area (Å²) in [6.45, 7) is 0.694. The number of hydrogen-bond acceptors (Lipinski definition) is 2. The van der Waals surface area contributed by atoms with Crippen LogP contribution in [0.25, 0.3) is 0 Å². The first-order valence-electron chi connectivity index (χ1n) is 5.49. The van der Waals surface area contributed by atoms with Crippen LogP contribution in [0.4, 0.5) is 8.78 Å². The van der Waals surface area contributed by atoms with E-state index in [9.17, 15) is 13.6 Å². The van der Waals surface area contributed by atoms with E-state index in [2.05, 4.69) is 5.32 Å². The van der Waals surface area contributed by atoms with Crippen molar-refractivity contribution in [1.82, 2.24) is 5.32 Å². The number of benzene rings is 1. The number of rotatable bonds is 3. The molecule has 0 unspecified atom stereocenters. The van der Waals surface area contributed by atoms with Gasteiger partial charge in [0.15, 0.2) is 0 Å². The number of halogens is 2. The molecule has 3 nitrogen and oxygen atoms in total. The molecule has 1 atom stereocenters. The summed E-state index contributed by atoms with van der Waals surface area (Å²) in [5.74, 6) is -1.52. The number of ether oxygens (including phenoxy) is 1. The third kappa shape index (κ3) is 3.23. The lowest BCUT2D eigenvalue weighted by Gasteiger charge is -2.10. The van der Waals surface area contributed by atoms with Gasteiger partial charge in [-0.25, -0.2) is 8.78 Å². The first-order valence-corrected chi connectivity index (χ1v) is 5.49. The second-order valence-electron chi connectivity index (χ2n) is 4.00. The molecule has 1 N–H and O–H groups in total. The largest absolute Gasteiger partial charge is 0.368 e. The molecule has 1 aliphatic rings. The van der Waals surface area contributed by atoms with E-state index in [-0.39, 0.29) is 12.5 Å². The molecule has 0 spiro atoms. The van der Waals surface area contributed by atoms with Crippen LogP contribution in [0.15, 0.2) is 18.2 Å². The van der Waals surface area contributed by atoms with Crippen LogP contribution in [0.2, 0.25) is 0 Å². The van der Waals surface area contributed by atoms with Crippen LogP contribution in [0.5, 0.6) is 0 Å². The predicted octanol–water partition coefficient (Wildman–Crippen LogP) is 1.76. The van der Waals surface area contributed by atoms with E-state index in [0.717, 1.165) is 12.5 Å². The molecule has 1 fully saturated rings. The Balaban J connectivity index is 1.90. The average molecular weight is 241 g/mol. The molecular weight excluding hydrogens is 228 g/mol. The highest BCUT2D eigenvalue weighted by molar-refractivity contribution is 5.80. The summed E-state index contributed by atoms with van der Waals surface area (Å²) in [4.78, 5) is 11.6. The molecule has 0 aromatic heterocycles. The molecular formula is C12H13F2NO2. The summed E-state index contributed by atoms with van der Waals surface area (Å²) in [7, 11) is 0. The van der Waals surface area contributed by atoms with Crippen molar-refractivity contribution in [2.24, 2.45) is 0 Å². The van der Waals surface area contributed by atoms with Crippen LogP contribution in [0.3, 0.4) is 0 Å². The lowest BCUT2D eigenvalue weighted by atomic mass is 10.2. The summed E-state index contributed by atoms with van der Waals surface area (Å²) in [5, 5.41) is 2.60. The van der Waals surface area contributed by atoms with E-state index in [1.165, 1.54) is 12.1 Å². The predicted molar refractivity (Wildman–Crippen MR) is 57.2 cm³/mol. The van der Waals surface area contributed by atoms with Crippen molar-refractivity contribution in [2.75, 3.05) is 6.61 Å². The van der Waals surface area contributed by atoms with Gasteiger partial charge in [-0.05, 0) is 30.5 Å². The van der Waals surface area contributed by atoms with Gasteiger partial charge in [0.1, 0.15) is 17.7 Å². The van der Waals surface area contributed by atoms with E-state index in [0.29, 0.717) is 18.6 Å². The molecule has 1 heterocycles. The summed E-state index contributed by atoms with van der Waals surface area (Å²) in [6.07, 6.45) is 1.14. The molecule has 5 heteroatoms. The first kappa shape index (κ1) is 12.0. The number of carbonyl (C=O) groups excluding carboxylic acids is 1. The molecule has 0 bridgehead atoms. The van der Waals surface area contributed by atoms with Crippen LogP contribution in [0.1, 0.15) is 18.4 Å². The van der Waals surface area contributed by atoms with Crippen LogP contribution in [-0.2, 0) is 16.1 Å². The van der Waals surface area contributed by atoms with E-state index in [4.69, 9.17) is 4.74 Å². The minimum absolute atomic E-state index is 0.105. The molecule has 17 heavy (non-hydrogen) atoms. The van der Waals surface area contributed by atoms with Crippen LogP contribution in [0, 0.1) is 11.6 Å². The Labute approximate surface area is 97.8 Å². The minimum atomic E-state index is -0.647. The number of amides is 1. The van der Waals surface area contributed by atoms with Crippen molar-refractivity contribution in [2.45, 2.75) is 25.5 Å². The van der Waals surface area contributed by atoms with Gasteiger partial charge in [-0.3, -0.25) is 4.79 Å². The Morgan fingerprint density at radius 3 is 2.65 bits per heavy atom. The van der Waals surface area contributed by atoms with Crippen LogP contribution in [-0.4, -0.2) is 18.6 Å². The standard InChI is InChI=1S/C12H13F2NO2/c13-9-4-8(5-10(14)6-9)7-15-12(16)11-2-1-3-17-11/h4-6,11H,1-3,7H2,(H,15,16)/t11-/m0/s1. The Kier molecular flexibility index (Phi) is 3.68. The van der Waals surface area contributed by atoms with Gasteiger partial charge in [-0.2, -0.15) is 0 Å². The second-order valence-corrected chi connectivity index (χ2v) is 4.00. The van der Waals surface area contributed by atoms with E-state index in [1.807, 2.05) is 0 Å². The van der Waals surface area contributed by atoms with Crippen molar-refractivity contribution in [3.8, 4) is 0 Å². The smallest absolute Gasteiger partial charge is 0.249 e. The third-order valence-electron chi connectivity index (χ3n) is 2.61. The molecule has 1 amide bonds. The van der Waals surface area contributed by atoms with E-state index < -0.39 is 17.7 Å². The molecule has 2 rings (SSSR count). The summed E-state index contributed by atoms with van der Waals surface area (Å²) < 4.78 is 30.9. The highest BCUT2D eigenvalue weighted by Crippen LogP contribution is 2.12. The Morgan fingerprint density at radius 1 is 1.35 bits per heavy atom. The molecule has 1 aromatic carbocycles. The van der Waals surface area contributed by atoms with E-state index in [1.54, 1.807) is 0 Å². The number of carbonyl (C=O) groups is 1. The second kappa shape index (κ2) is 5.23. The van der Waals surface area contributed by atoms with Crippen LogP contribution < -0.4 is 5.32 Å². The number of hydrogen-bond donors (Lipinski definition) is 1. The van der Waals surface area contributed by atoms with E-state index >= 15 is 0 Å². The zero-order valence-electron chi connectivity index (χ0n) is 9.21. The lowest BCUT2D eigenvalue weighted by molar-refractivity contribution is -0.130. The maximum Gasteiger partial charge on any atom is 0.249 e. The summed E-state index contributed by atoms with van der Waals surface area (Å²) in [6, 6.07) is 3.18. The van der Waals surface area contributed by atoms with Gasteiger partial charge in [0, 0.05) is 19.2 Å². The summed E-state index contributed by atoms with van der Waals surface area (Å²) >= 11 is 0. The normalized spacial score (nSPS) is 19.3. The Bertz CT molecular complexity index is 397. The van der Waals surface area contributed by atoms with Crippen molar-refractivity contribution >= 4 is 5.91 Å². The lowest BCUT2D eigenvalue weighted by Crippen LogP contribution is -2.33. The molecule has 0 aliphatic carbocycles. The third-order valence-corrected chi connectivity index (χ3v) is 2.61. The molecule has 0 saturated carbocycles. The van der Waals surface area contributed by atoms with Gasteiger partial charge in [0.25, 0.3) is 0 Å². The topological polar surface area (TPSA) is 38.3 Å². The molecule has 1 saturated heterocycles. The highest BCUT2D eigenvalue weighted by Gasteiger charge is 2.22. The summed E-state index contributed by atoms with van der Waals surface area (Å²) in [5.41, 5.74) is 0.397. The fourth-order valence-corrected chi connectivity index (χ4v) is 1.80. The fourth-order valence-electron chi connectivity index (χ4n) is 1.80. The Morgan fingerprint density at radius 2 is 2.06 bits per heavy atom. The SMILES string of the molecule is O=C(NCc1cc(F)cc(F)c1)[C@@H]1CCCO1. The van der Waals surface area contributed by atoms with Crippen molar-refractivity contribution in [1.29, 1.82) is 0 Å². The van der Waals surface area contributed by atoms with Gasteiger partial charge in [-0.15, -0.1) is 0 Å². The van der Waals surface area contributed by atoms with Crippen LogP contribution >= 0.6 is 0 Å². The van der Waals surface area contributed by atoms with Gasteiger partial charge in [-0.1, -0.05) is 0 Å². The van der Waals surface area contributed by atoms with Crippen molar-refractivity contribution in [3.05, 3.63) is 35.4 Å². The maximum absolute atomic E-state index is 12.9. The van der Waals surface area contributed by atoms with Crippen molar-refractivity contribution < 1.29 is 18.3 Å². The maximum atomic E-state index is 12.9. The Hall–Kier alpha value is -1.49. The molecule has 1 aromatic rings. The highest BCUT2D eigenvalue weighted by atomic mass is 19.1. The zero-order chi connectivity index (χ0) is 12.3.